The number of benzene rings is 3. The second-order valence-electron chi connectivity index (χ2n) is 9.46. The molecule has 188 valence electrons. The van der Waals surface area contributed by atoms with Crippen LogP contribution in [0.25, 0.3) is 11.1 Å². The van der Waals surface area contributed by atoms with Gasteiger partial charge in [-0.05, 0) is 67.8 Å². The Labute approximate surface area is 211 Å². The Balaban J connectivity index is 1.64. The molecule has 0 aliphatic carbocycles. The molecule has 0 spiro atoms. The summed E-state index contributed by atoms with van der Waals surface area (Å²) < 4.78 is 41.7. The van der Waals surface area contributed by atoms with Gasteiger partial charge in [-0.15, -0.1) is 0 Å². The topological polar surface area (TPSA) is 78.1 Å². The Hall–Kier alpha value is -4.40. The second-order valence-corrected chi connectivity index (χ2v) is 9.46. The molecule has 2 amide bonds. The third-order valence-electron chi connectivity index (χ3n) is 6.53. The van der Waals surface area contributed by atoms with Crippen LogP contribution in [0.2, 0.25) is 0 Å². The number of aromatic nitrogens is 2. The maximum atomic E-state index is 13.9. The number of rotatable bonds is 4. The number of aryl methyl sites for hydroxylation is 1. The summed E-state index contributed by atoms with van der Waals surface area (Å²) >= 11 is 0. The zero-order valence-corrected chi connectivity index (χ0v) is 20.3. The third-order valence-corrected chi connectivity index (χ3v) is 6.53. The van der Waals surface area contributed by atoms with E-state index in [9.17, 15) is 22.8 Å². The largest absolute Gasteiger partial charge is 0.417 e. The smallest absolute Gasteiger partial charge is 0.330 e. The highest BCUT2D eigenvalue weighted by molar-refractivity contribution is 6.13. The zero-order chi connectivity index (χ0) is 26.5. The Morgan fingerprint density at radius 1 is 1.05 bits per heavy atom. The van der Waals surface area contributed by atoms with E-state index in [0.29, 0.717) is 34.0 Å². The molecule has 1 aliphatic heterocycles. The van der Waals surface area contributed by atoms with Gasteiger partial charge in [-0.2, -0.15) is 13.2 Å². The van der Waals surface area contributed by atoms with E-state index in [0.717, 1.165) is 11.6 Å². The number of nitrogens with zero attached hydrogens (tertiary/aromatic N) is 2. The van der Waals surface area contributed by atoms with E-state index in [1.165, 1.54) is 23.2 Å². The predicted molar refractivity (Wildman–Crippen MR) is 135 cm³/mol. The standard InChI is InChI=1S/C28H23F3N4O2/c1-16-7-10-18(11-8-16)34-24(36)20-15-17(9-12-21(20)28(29,30)31)19-5-4-6-22-23(19)27(2,3)25(37)35(22)26-32-13-14-33-26/h4-15H,1-3H3,(H,32,33)(H,34,36). The Morgan fingerprint density at radius 2 is 1.78 bits per heavy atom. The van der Waals surface area contributed by atoms with Gasteiger partial charge in [0.25, 0.3) is 5.91 Å². The van der Waals surface area contributed by atoms with Crippen molar-refractivity contribution in [2.45, 2.75) is 32.4 Å². The van der Waals surface area contributed by atoms with Crippen LogP contribution in [0.1, 0.15) is 40.9 Å². The minimum Gasteiger partial charge on any atom is -0.330 e. The summed E-state index contributed by atoms with van der Waals surface area (Å²) in [5.41, 5.74) is 0.962. The average molecular weight is 505 g/mol. The molecule has 6 nitrogen and oxygen atoms in total. The van der Waals surface area contributed by atoms with Crippen LogP contribution < -0.4 is 10.2 Å². The molecule has 0 bridgehead atoms. The summed E-state index contributed by atoms with van der Waals surface area (Å²) in [6.45, 7) is 5.39. The molecule has 2 N–H and O–H groups in total. The van der Waals surface area contributed by atoms with Crippen molar-refractivity contribution in [1.82, 2.24) is 9.97 Å². The second kappa shape index (κ2) is 8.62. The van der Waals surface area contributed by atoms with Gasteiger partial charge in [0.15, 0.2) is 0 Å². The first-order valence-electron chi connectivity index (χ1n) is 11.6. The first-order valence-corrected chi connectivity index (χ1v) is 11.6. The molecule has 0 radical (unpaired) electrons. The fourth-order valence-corrected chi connectivity index (χ4v) is 4.69. The minimum atomic E-state index is -4.73. The van der Waals surface area contributed by atoms with Crippen molar-refractivity contribution < 1.29 is 22.8 Å². The number of amides is 2. The van der Waals surface area contributed by atoms with Crippen molar-refractivity contribution in [3.8, 4) is 11.1 Å². The molecule has 37 heavy (non-hydrogen) atoms. The maximum Gasteiger partial charge on any atom is 0.417 e. The molecule has 5 rings (SSSR count). The first-order chi connectivity index (χ1) is 17.5. The molecular weight excluding hydrogens is 481 g/mol. The zero-order valence-electron chi connectivity index (χ0n) is 20.3. The first kappa shape index (κ1) is 24.3. The van der Waals surface area contributed by atoms with Gasteiger partial charge in [0.1, 0.15) is 0 Å². The van der Waals surface area contributed by atoms with E-state index in [1.54, 1.807) is 62.5 Å². The number of halogens is 3. The highest BCUT2D eigenvalue weighted by Gasteiger charge is 2.47. The normalized spacial score (nSPS) is 14.5. The number of carbonyl (C=O) groups excluding carboxylic acids is 2. The van der Waals surface area contributed by atoms with Crippen LogP contribution in [-0.2, 0) is 16.4 Å². The van der Waals surface area contributed by atoms with Crippen LogP contribution in [0, 0.1) is 6.92 Å². The van der Waals surface area contributed by atoms with Gasteiger partial charge in [-0.3, -0.25) is 9.59 Å². The van der Waals surface area contributed by atoms with Crippen molar-refractivity contribution in [3.05, 3.63) is 95.3 Å². The van der Waals surface area contributed by atoms with E-state index in [1.807, 2.05) is 6.92 Å². The molecule has 1 aliphatic rings. The summed E-state index contributed by atoms with van der Waals surface area (Å²) in [7, 11) is 0. The van der Waals surface area contributed by atoms with Crippen molar-refractivity contribution >= 4 is 29.1 Å². The molecule has 0 unspecified atom stereocenters. The van der Waals surface area contributed by atoms with Gasteiger partial charge in [-0.1, -0.05) is 35.9 Å². The van der Waals surface area contributed by atoms with Crippen LogP contribution in [0.15, 0.2) is 73.1 Å². The Morgan fingerprint density at radius 3 is 2.43 bits per heavy atom. The molecule has 1 aromatic heterocycles. The predicted octanol–water partition coefficient (Wildman–Crippen LogP) is 6.61. The van der Waals surface area contributed by atoms with Gasteiger partial charge < -0.3 is 10.3 Å². The van der Waals surface area contributed by atoms with Gasteiger partial charge >= 0.3 is 6.18 Å². The van der Waals surface area contributed by atoms with Crippen molar-refractivity contribution in [2.75, 3.05) is 10.2 Å². The molecular formula is C28H23F3N4O2. The maximum absolute atomic E-state index is 13.9. The van der Waals surface area contributed by atoms with Crippen LogP contribution >= 0.6 is 0 Å². The Bertz CT molecular complexity index is 1510. The number of hydrogen-bond acceptors (Lipinski definition) is 3. The SMILES string of the molecule is Cc1ccc(NC(=O)c2cc(-c3cccc4c3C(C)(C)C(=O)N4c3ncc[nH]3)ccc2C(F)(F)F)cc1. The number of carbonyl (C=O) groups is 2. The molecule has 0 fully saturated rings. The minimum absolute atomic E-state index is 0.228. The number of hydrogen-bond donors (Lipinski definition) is 2. The van der Waals surface area contributed by atoms with Crippen LogP contribution in [0.5, 0.6) is 0 Å². The van der Waals surface area contributed by atoms with E-state index in [-0.39, 0.29) is 5.91 Å². The van der Waals surface area contributed by atoms with Gasteiger partial charge in [0.2, 0.25) is 11.9 Å². The highest BCUT2D eigenvalue weighted by Crippen LogP contribution is 2.49. The summed E-state index contributed by atoms with van der Waals surface area (Å²) in [6.07, 6.45) is -1.60. The van der Waals surface area contributed by atoms with Gasteiger partial charge in [0, 0.05) is 18.1 Å². The Kier molecular flexibility index (Phi) is 5.66. The van der Waals surface area contributed by atoms with Gasteiger partial charge in [-0.25, -0.2) is 9.88 Å². The van der Waals surface area contributed by atoms with E-state index in [2.05, 4.69) is 15.3 Å². The third kappa shape index (κ3) is 4.16. The highest BCUT2D eigenvalue weighted by atomic mass is 19.4. The van der Waals surface area contributed by atoms with Crippen molar-refractivity contribution in [3.63, 3.8) is 0 Å². The lowest BCUT2D eigenvalue weighted by Gasteiger charge is -2.20. The molecule has 0 saturated heterocycles. The molecule has 3 aromatic carbocycles. The summed E-state index contributed by atoms with van der Waals surface area (Å²) in [5.74, 6) is -0.758. The number of H-pyrrole nitrogens is 1. The molecule has 0 saturated carbocycles. The average Bonchev–Trinajstić information content (AvgIpc) is 3.45. The van der Waals surface area contributed by atoms with E-state index >= 15 is 0 Å². The van der Waals surface area contributed by atoms with Gasteiger partial charge in [0.05, 0.1) is 22.2 Å². The molecule has 9 heteroatoms. The van der Waals surface area contributed by atoms with Crippen LogP contribution in [0.3, 0.4) is 0 Å². The lowest BCUT2D eigenvalue weighted by atomic mass is 9.81. The molecule has 4 aromatic rings. The quantitative estimate of drug-likeness (QED) is 0.328. The number of imidazole rings is 1. The number of nitrogens with one attached hydrogen (secondary N) is 2. The summed E-state index contributed by atoms with van der Waals surface area (Å²) in [4.78, 5) is 35.1. The number of fused-ring (bicyclic) bond motifs is 1. The van der Waals surface area contributed by atoms with Crippen molar-refractivity contribution in [1.29, 1.82) is 0 Å². The van der Waals surface area contributed by atoms with Crippen molar-refractivity contribution in [2.24, 2.45) is 0 Å². The van der Waals surface area contributed by atoms with Crippen LogP contribution in [0.4, 0.5) is 30.5 Å². The number of anilines is 3. The monoisotopic (exact) mass is 504 g/mol. The summed E-state index contributed by atoms with van der Waals surface area (Å²) in [5, 5.41) is 2.56. The van der Waals surface area contributed by atoms with Crippen LogP contribution in [-0.4, -0.2) is 21.8 Å². The van der Waals surface area contributed by atoms with E-state index < -0.39 is 28.6 Å². The lowest BCUT2D eigenvalue weighted by Crippen LogP contribution is -2.33. The molecule has 0 atom stereocenters. The number of alkyl halides is 3. The fraction of sp³-hybridized carbons (Fsp3) is 0.179. The summed E-state index contributed by atoms with van der Waals surface area (Å²) in [6, 6.07) is 15.5. The van der Waals surface area contributed by atoms with E-state index in [4.69, 9.17) is 0 Å². The fourth-order valence-electron chi connectivity index (χ4n) is 4.69. The molecule has 2 heterocycles. The number of aromatic amines is 1. The lowest BCUT2D eigenvalue weighted by molar-refractivity contribution is -0.137.